The highest BCUT2D eigenvalue weighted by molar-refractivity contribution is 7.88. The fourth-order valence-corrected chi connectivity index (χ4v) is 5.33. The van der Waals surface area contributed by atoms with Gasteiger partial charge in [0.05, 0.1) is 5.75 Å². The van der Waals surface area contributed by atoms with Crippen LogP contribution in [0.15, 0.2) is 24.3 Å². The van der Waals surface area contributed by atoms with E-state index in [0.29, 0.717) is 23.8 Å². The molecule has 0 spiro atoms. The Morgan fingerprint density at radius 3 is 2.81 bits per heavy atom. The van der Waals surface area contributed by atoms with Crippen LogP contribution in [0.1, 0.15) is 25.3 Å². The normalized spacial score (nSPS) is 27.7. The van der Waals surface area contributed by atoms with E-state index in [1.54, 1.807) is 16.4 Å². The Balaban J connectivity index is 1.79. The molecule has 2 fully saturated rings. The van der Waals surface area contributed by atoms with Crippen LogP contribution in [-0.2, 0) is 15.8 Å². The summed E-state index contributed by atoms with van der Waals surface area (Å²) in [6.07, 6.45) is 2.28. The highest BCUT2D eigenvalue weighted by Gasteiger charge is 2.39. The van der Waals surface area contributed by atoms with E-state index in [4.69, 9.17) is 5.73 Å². The van der Waals surface area contributed by atoms with Crippen LogP contribution in [0.4, 0.5) is 5.69 Å². The van der Waals surface area contributed by atoms with Crippen LogP contribution in [0.3, 0.4) is 0 Å². The average molecular weight is 309 g/mol. The molecule has 0 aromatic heterocycles. The third-order valence-corrected chi connectivity index (χ3v) is 6.53. The van der Waals surface area contributed by atoms with Crippen molar-refractivity contribution in [1.29, 1.82) is 0 Å². The van der Waals surface area contributed by atoms with Crippen LogP contribution in [0, 0.1) is 0 Å². The van der Waals surface area contributed by atoms with Crippen LogP contribution in [0.2, 0.25) is 0 Å². The molecule has 0 aliphatic carbocycles. The number of fused-ring (bicyclic) bond motifs is 1. The number of hydrogen-bond acceptors (Lipinski definition) is 4. The second-order valence-electron chi connectivity index (χ2n) is 6.16. The van der Waals surface area contributed by atoms with Gasteiger partial charge in [0.15, 0.2) is 0 Å². The fraction of sp³-hybridized carbons (Fsp3) is 0.600. The minimum atomic E-state index is -3.32. The molecule has 1 aromatic carbocycles. The minimum absolute atomic E-state index is 0.00324. The first kappa shape index (κ1) is 14.8. The first-order valence-corrected chi connectivity index (χ1v) is 9.15. The van der Waals surface area contributed by atoms with Crippen molar-refractivity contribution in [2.75, 3.05) is 25.4 Å². The third-order valence-electron chi connectivity index (χ3n) is 4.63. The Hall–Kier alpha value is -1.11. The van der Waals surface area contributed by atoms with Crippen LogP contribution >= 0.6 is 0 Å². The predicted molar refractivity (Wildman–Crippen MR) is 84.2 cm³/mol. The molecule has 0 saturated carbocycles. The molecule has 0 amide bonds. The van der Waals surface area contributed by atoms with E-state index in [1.165, 1.54) is 6.42 Å². The van der Waals surface area contributed by atoms with Crippen LogP contribution in [0.5, 0.6) is 0 Å². The van der Waals surface area contributed by atoms with Crippen molar-refractivity contribution in [3.05, 3.63) is 29.8 Å². The third kappa shape index (κ3) is 2.93. The molecular weight excluding hydrogens is 286 g/mol. The van der Waals surface area contributed by atoms with Crippen LogP contribution in [-0.4, -0.2) is 49.3 Å². The number of piperazine rings is 1. The summed E-state index contributed by atoms with van der Waals surface area (Å²) < 4.78 is 27.2. The van der Waals surface area contributed by atoms with E-state index in [2.05, 4.69) is 4.90 Å². The molecule has 2 aliphatic rings. The molecule has 5 nitrogen and oxygen atoms in total. The zero-order chi connectivity index (χ0) is 15.0. The second kappa shape index (κ2) is 5.59. The summed E-state index contributed by atoms with van der Waals surface area (Å²) in [6, 6.07) is 7.63. The summed E-state index contributed by atoms with van der Waals surface area (Å²) in [5, 5.41) is 0. The van der Waals surface area contributed by atoms with Gasteiger partial charge in [-0.2, -0.15) is 4.31 Å². The van der Waals surface area contributed by atoms with Gasteiger partial charge < -0.3 is 5.73 Å². The van der Waals surface area contributed by atoms with Gasteiger partial charge in [0.25, 0.3) is 0 Å². The van der Waals surface area contributed by atoms with Crippen molar-refractivity contribution in [2.45, 2.75) is 37.6 Å². The number of para-hydroxylation sites is 1. The fourth-order valence-electron chi connectivity index (χ4n) is 3.49. The van der Waals surface area contributed by atoms with Crippen molar-refractivity contribution in [3.8, 4) is 0 Å². The highest BCUT2D eigenvalue weighted by Crippen LogP contribution is 2.28. The lowest BCUT2D eigenvalue weighted by molar-refractivity contribution is 0.117. The number of nitrogens with zero attached hydrogens (tertiary/aromatic N) is 2. The van der Waals surface area contributed by atoms with E-state index >= 15 is 0 Å². The van der Waals surface area contributed by atoms with Gasteiger partial charge in [-0.05, 0) is 37.9 Å². The van der Waals surface area contributed by atoms with E-state index < -0.39 is 10.0 Å². The lowest BCUT2D eigenvalue weighted by Gasteiger charge is -2.41. The lowest BCUT2D eigenvalue weighted by Crippen LogP contribution is -2.56. The predicted octanol–water partition coefficient (Wildman–Crippen LogP) is 1.27. The van der Waals surface area contributed by atoms with Gasteiger partial charge >= 0.3 is 0 Å². The van der Waals surface area contributed by atoms with Gasteiger partial charge in [-0.3, -0.25) is 4.90 Å². The molecular formula is C15H23N3O2S. The molecule has 0 bridgehead atoms. The molecule has 3 rings (SSSR count). The van der Waals surface area contributed by atoms with E-state index in [0.717, 1.165) is 19.5 Å². The summed E-state index contributed by atoms with van der Waals surface area (Å²) in [6.45, 7) is 4.57. The average Bonchev–Trinajstić information content (AvgIpc) is 2.87. The summed E-state index contributed by atoms with van der Waals surface area (Å²) in [4.78, 5) is 2.42. The number of benzene rings is 1. The summed E-state index contributed by atoms with van der Waals surface area (Å²) >= 11 is 0. The van der Waals surface area contributed by atoms with Crippen LogP contribution < -0.4 is 5.73 Å². The number of hydrogen-bond donors (Lipinski definition) is 1. The maximum Gasteiger partial charge on any atom is 0.218 e. The molecule has 21 heavy (non-hydrogen) atoms. The van der Waals surface area contributed by atoms with Gasteiger partial charge in [0.2, 0.25) is 10.0 Å². The zero-order valence-corrected chi connectivity index (χ0v) is 13.2. The zero-order valence-electron chi connectivity index (χ0n) is 12.4. The Kier molecular flexibility index (Phi) is 3.94. The largest absolute Gasteiger partial charge is 0.398 e. The number of sulfonamides is 1. The van der Waals surface area contributed by atoms with Crippen molar-refractivity contribution in [2.24, 2.45) is 0 Å². The monoisotopic (exact) mass is 309 g/mol. The maximum absolute atomic E-state index is 12.8. The Bertz CT molecular complexity index is 617. The topological polar surface area (TPSA) is 66.6 Å². The second-order valence-corrected chi connectivity index (χ2v) is 8.09. The Labute approximate surface area is 126 Å². The Morgan fingerprint density at radius 1 is 1.29 bits per heavy atom. The van der Waals surface area contributed by atoms with E-state index in [9.17, 15) is 8.42 Å². The number of nitrogen functional groups attached to an aromatic ring is 1. The van der Waals surface area contributed by atoms with Crippen molar-refractivity contribution in [3.63, 3.8) is 0 Å². The maximum atomic E-state index is 12.8. The molecule has 2 atom stereocenters. The number of rotatable bonds is 3. The molecule has 2 N–H and O–H groups in total. The smallest absolute Gasteiger partial charge is 0.218 e. The van der Waals surface area contributed by atoms with Gasteiger partial charge in [-0.1, -0.05) is 18.2 Å². The number of nitrogens with two attached hydrogens (primary N) is 1. The van der Waals surface area contributed by atoms with Crippen molar-refractivity contribution >= 4 is 15.7 Å². The minimum Gasteiger partial charge on any atom is -0.398 e. The lowest BCUT2D eigenvalue weighted by atomic mass is 10.1. The van der Waals surface area contributed by atoms with Gasteiger partial charge in [-0.25, -0.2) is 8.42 Å². The van der Waals surface area contributed by atoms with E-state index in [1.807, 2.05) is 19.1 Å². The molecule has 2 saturated heterocycles. The first-order valence-electron chi connectivity index (χ1n) is 7.54. The van der Waals surface area contributed by atoms with Crippen LogP contribution in [0.25, 0.3) is 0 Å². The summed E-state index contributed by atoms with van der Waals surface area (Å²) in [5.74, 6) is -0.00324. The van der Waals surface area contributed by atoms with Crippen molar-refractivity contribution < 1.29 is 8.42 Å². The molecule has 2 unspecified atom stereocenters. The quantitative estimate of drug-likeness (QED) is 0.854. The molecule has 2 aliphatic heterocycles. The standard InChI is InChI=1S/C15H23N3O2S/c1-12-9-17-8-4-6-14(17)10-18(12)21(19,20)11-13-5-2-3-7-15(13)16/h2-3,5,7,12,14H,4,6,8-11,16H2,1H3. The van der Waals surface area contributed by atoms with E-state index in [-0.39, 0.29) is 11.8 Å². The summed E-state index contributed by atoms with van der Waals surface area (Å²) in [5.41, 5.74) is 7.13. The molecule has 2 heterocycles. The molecule has 6 heteroatoms. The van der Waals surface area contributed by atoms with Gasteiger partial charge in [0.1, 0.15) is 0 Å². The van der Waals surface area contributed by atoms with Gasteiger partial charge in [-0.15, -0.1) is 0 Å². The van der Waals surface area contributed by atoms with Gasteiger partial charge in [0, 0.05) is 30.9 Å². The molecule has 1 aromatic rings. The highest BCUT2D eigenvalue weighted by atomic mass is 32.2. The van der Waals surface area contributed by atoms with Crippen molar-refractivity contribution in [1.82, 2.24) is 9.21 Å². The number of anilines is 1. The summed E-state index contributed by atoms with van der Waals surface area (Å²) in [7, 11) is -3.32. The SMILES string of the molecule is CC1CN2CCCC2CN1S(=O)(=O)Cc1ccccc1N. The Morgan fingerprint density at radius 2 is 2.05 bits per heavy atom. The molecule has 0 radical (unpaired) electrons. The first-order chi connectivity index (χ1) is 9.97. The molecule has 116 valence electrons.